The van der Waals surface area contributed by atoms with Crippen molar-refractivity contribution >= 4 is 11.6 Å². The molecule has 4 rings (SSSR count). The van der Waals surface area contributed by atoms with E-state index in [9.17, 15) is 4.79 Å². The minimum atomic E-state index is -0.505. The van der Waals surface area contributed by atoms with Crippen molar-refractivity contribution < 1.29 is 14.3 Å². The van der Waals surface area contributed by atoms with Crippen molar-refractivity contribution in [1.29, 1.82) is 0 Å². The van der Waals surface area contributed by atoms with E-state index in [0.29, 0.717) is 0 Å². The maximum Gasteiger partial charge on any atom is 0.234 e. The number of carbonyl (C=O) groups is 1. The summed E-state index contributed by atoms with van der Waals surface area (Å²) in [6, 6.07) is 5.83. The molecule has 0 spiro atoms. The summed E-state index contributed by atoms with van der Waals surface area (Å²) >= 11 is 0. The highest BCUT2D eigenvalue weighted by molar-refractivity contribution is 6.05. The molecule has 0 radical (unpaired) electrons. The quantitative estimate of drug-likeness (QED) is 0.863. The third-order valence-electron chi connectivity index (χ3n) is 4.33. The highest BCUT2D eigenvalue weighted by Gasteiger charge is 2.38. The van der Waals surface area contributed by atoms with Gasteiger partial charge >= 0.3 is 0 Å². The molecule has 0 aliphatic carbocycles. The average Bonchev–Trinajstić information content (AvgIpc) is 2.86. The first-order valence-corrected chi connectivity index (χ1v) is 8.39. The number of ether oxygens (including phenoxy) is 2. The van der Waals surface area contributed by atoms with E-state index < -0.39 is 5.41 Å². The fraction of sp³-hybridized carbons (Fsp3) is 0.421. The molecular weight excluding hydrogens is 318 g/mol. The molecule has 0 aromatic carbocycles. The van der Waals surface area contributed by atoms with Crippen LogP contribution in [0, 0.1) is 6.92 Å². The van der Waals surface area contributed by atoms with Crippen molar-refractivity contribution in [2.45, 2.75) is 26.2 Å². The molecule has 2 aliphatic heterocycles. The number of nitrogens with one attached hydrogen (secondary N) is 1. The normalized spacial score (nSPS) is 18.0. The molecule has 1 N–H and O–H groups in total. The van der Waals surface area contributed by atoms with Crippen LogP contribution in [0.15, 0.2) is 30.6 Å². The van der Waals surface area contributed by atoms with E-state index >= 15 is 0 Å². The molecule has 4 heterocycles. The number of amides is 1. The van der Waals surface area contributed by atoms with Gasteiger partial charge < -0.3 is 14.8 Å². The molecule has 6 heteroatoms. The Bertz CT molecular complexity index is 759. The zero-order valence-corrected chi connectivity index (χ0v) is 14.8. The van der Waals surface area contributed by atoms with Gasteiger partial charge in [0.25, 0.3) is 0 Å². The molecule has 1 fully saturated rings. The third kappa shape index (κ3) is 3.86. The van der Waals surface area contributed by atoms with Gasteiger partial charge in [0, 0.05) is 34.9 Å². The molecule has 0 saturated carbocycles. The molecule has 1 saturated heterocycles. The lowest BCUT2D eigenvalue weighted by Crippen LogP contribution is -2.26. The Labute approximate surface area is 147 Å². The van der Waals surface area contributed by atoms with Crippen LogP contribution in [0.25, 0.3) is 11.3 Å². The van der Waals surface area contributed by atoms with Crippen molar-refractivity contribution in [2.75, 3.05) is 31.7 Å². The van der Waals surface area contributed by atoms with Gasteiger partial charge in [0.15, 0.2) is 0 Å². The van der Waals surface area contributed by atoms with Gasteiger partial charge in [-0.2, -0.15) is 0 Å². The van der Waals surface area contributed by atoms with Gasteiger partial charge in [-0.05, 0) is 39.0 Å². The summed E-state index contributed by atoms with van der Waals surface area (Å²) < 4.78 is 9.89. The van der Waals surface area contributed by atoms with E-state index in [2.05, 4.69) is 15.3 Å². The summed E-state index contributed by atoms with van der Waals surface area (Å²) in [5, 5.41) is 2.92. The Kier molecular flexibility index (Phi) is 5.11. The molecule has 0 bridgehead atoms. The van der Waals surface area contributed by atoms with Gasteiger partial charge in [0.1, 0.15) is 0 Å². The summed E-state index contributed by atoms with van der Waals surface area (Å²) in [7, 11) is 0. The van der Waals surface area contributed by atoms with Crippen LogP contribution in [0.2, 0.25) is 0 Å². The van der Waals surface area contributed by atoms with Gasteiger partial charge in [-0.1, -0.05) is 0 Å². The van der Waals surface area contributed by atoms with Crippen molar-refractivity contribution in [1.82, 2.24) is 9.97 Å². The highest BCUT2D eigenvalue weighted by atomic mass is 16.6. The monoisotopic (exact) mass is 341 g/mol. The largest absolute Gasteiger partial charge is 0.377 e. The lowest BCUT2D eigenvalue weighted by atomic mass is 9.87. The Hall–Kier alpha value is -2.31. The van der Waals surface area contributed by atoms with Gasteiger partial charge in [0.05, 0.1) is 37.5 Å². The van der Waals surface area contributed by atoms with Crippen LogP contribution in [-0.4, -0.2) is 42.3 Å². The third-order valence-corrected chi connectivity index (χ3v) is 4.33. The van der Waals surface area contributed by atoms with E-state index in [1.807, 2.05) is 39.0 Å². The summed E-state index contributed by atoms with van der Waals surface area (Å²) in [6.45, 7) is 8.87. The van der Waals surface area contributed by atoms with Crippen LogP contribution in [0.5, 0.6) is 0 Å². The van der Waals surface area contributed by atoms with E-state index in [0.717, 1.165) is 54.6 Å². The van der Waals surface area contributed by atoms with Crippen molar-refractivity contribution in [2.24, 2.45) is 0 Å². The average molecular weight is 341 g/mol. The Morgan fingerprint density at radius 3 is 2.36 bits per heavy atom. The first kappa shape index (κ1) is 17.5. The topological polar surface area (TPSA) is 73.3 Å². The second-order valence-electron chi connectivity index (χ2n) is 6.60. The maximum absolute atomic E-state index is 11.9. The van der Waals surface area contributed by atoms with Gasteiger partial charge in [-0.25, -0.2) is 0 Å². The van der Waals surface area contributed by atoms with Gasteiger partial charge in [-0.3, -0.25) is 14.8 Å². The Morgan fingerprint density at radius 2 is 1.76 bits per heavy atom. The smallest absolute Gasteiger partial charge is 0.234 e. The number of anilines is 1. The molecule has 132 valence electrons. The number of aryl methyl sites for hydroxylation is 1. The summed E-state index contributed by atoms with van der Waals surface area (Å²) in [5.41, 5.74) is 4.11. The Balaban J connectivity index is 0.000000258. The molecule has 2 aliphatic rings. The van der Waals surface area contributed by atoms with E-state index in [1.165, 1.54) is 0 Å². The standard InChI is InChI=1S/C15H15N3O.C4H8O2/c1-9-6-10(4-5-16-9)12-7-13-11(8-17-12)15(2,3)14(19)18-13;1-2-6-4-3-5-1/h4-8H,1-3H3,(H,18,19);1-4H2. The first-order valence-electron chi connectivity index (χ1n) is 8.39. The van der Waals surface area contributed by atoms with Crippen LogP contribution in [-0.2, 0) is 19.7 Å². The van der Waals surface area contributed by atoms with Gasteiger partial charge in [0.2, 0.25) is 5.91 Å². The number of nitrogens with zero attached hydrogens (tertiary/aromatic N) is 2. The Morgan fingerprint density at radius 1 is 1.08 bits per heavy atom. The second-order valence-corrected chi connectivity index (χ2v) is 6.60. The first-order chi connectivity index (χ1) is 12.0. The zero-order valence-electron chi connectivity index (χ0n) is 14.8. The lowest BCUT2D eigenvalue weighted by molar-refractivity contribution is -0.119. The van der Waals surface area contributed by atoms with Crippen molar-refractivity contribution in [3.8, 4) is 11.3 Å². The minimum absolute atomic E-state index is 0.0207. The predicted molar refractivity (Wildman–Crippen MR) is 95.5 cm³/mol. The molecule has 6 nitrogen and oxygen atoms in total. The molecular formula is C19H23N3O3. The molecule has 2 aromatic rings. The van der Waals surface area contributed by atoms with Crippen LogP contribution in [0.4, 0.5) is 5.69 Å². The van der Waals surface area contributed by atoms with Crippen molar-refractivity contribution in [3.05, 3.63) is 41.9 Å². The lowest BCUT2D eigenvalue weighted by Gasteiger charge is -2.14. The molecule has 1 amide bonds. The number of pyridine rings is 2. The number of carbonyl (C=O) groups excluding carboxylic acids is 1. The van der Waals surface area contributed by atoms with Gasteiger partial charge in [-0.15, -0.1) is 0 Å². The second kappa shape index (κ2) is 7.29. The number of aromatic nitrogens is 2. The molecule has 25 heavy (non-hydrogen) atoms. The number of fused-ring (bicyclic) bond motifs is 1. The summed E-state index contributed by atoms with van der Waals surface area (Å²) in [5.74, 6) is 0.0207. The van der Waals surface area contributed by atoms with Crippen LogP contribution in [0.1, 0.15) is 25.1 Å². The summed E-state index contributed by atoms with van der Waals surface area (Å²) in [6.07, 6.45) is 3.56. The zero-order chi connectivity index (χ0) is 17.9. The fourth-order valence-electron chi connectivity index (χ4n) is 2.76. The minimum Gasteiger partial charge on any atom is -0.377 e. The SMILES string of the molecule is C1COCCO1.Cc1cc(-c2cc3c(cn2)C(C)(C)C(=O)N3)ccn1. The number of hydrogen-bond acceptors (Lipinski definition) is 5. The predicted octanol–water partition coefficient (Wildman–Crippen LogP) is 2.71. The van der Waals surface area contributed by atoms with E-state index in [4.69, 9.17) is 9.47 Å². The maximum atomic E-state index is 11.9. The van der Waals surface area contributed by atoms with E-state index in [-0.39, 0.29) is 5.91 Å². The van der Waals surface area contributed by atoms with Crippen molar-refractivity contribution in [3.63, 3.8) is 0 Å². The molecule has 2 aromatic heterocycles. The summed E-state index contributed by atoms with van der Waals surface area (Å²) in [4.78, 5) is 20.6. The van der Waals surface area contributed by atoms with Crippen LogP contribution >= 0.6 is 0 Å². The van der Waals surface area contributed by atoms with Crippen LogP contribution < -0.4 is 5.32 Å². The van der Waals surface area contributed by atoms with E-state index in [1.54, 1.807) is 12.4 Å². The molecule has 0 unspecified atom stereocenters. The van der Waals surface area contributed by atoms with Crippen LogP contribution in [0.3, 0.4) is 0 Å². The molecule has 0 atom stereocenters. The fourth-order valence-corrected chi connectivity index (χ4v) is 2.76. The highest BCUT2D eigenvalue weighted by Crippen LogP contribution is 2.38. The number of rotatable bonds is 1. The number of hydrogen-bond donors (Lipinski definition) is 1.